The van der Waals surface area contributed by atoms with Gasteiger partial charge in [0.2, 0.25) is 0 Å². The van der Waals surface area contributed by atoms with Crippen LogP contribution in [0, 0.1) is 11.3 Å². The number of nitriles is 1. The Hall–Kier alpha value is -2.28. The highest BCUT2D eigenvalue weighted by Crippen LogP contribution is 2.09. The molecule has 0 fully saturated rings. The molecule has 1 heterocycles. The molecule has 2 aromatic rings. The van der Waals surface area contributed by atoms with Crippen LogP contribution in [0.2, 0.25) is 0 Å². The van der Waals surface area contributed by atoms with Gasteiger partial charge in [-0.15, -0.1) is 0 Å². The van der Waals surface area contributed by atoms with Gasteiger partial charge in [0.05, 0.1) is 11.6 Å². The summed E-state index contributed by atoms with van der Waals surface area (Å²) in [4.78, 5) is 11.1. The monoisotopic (exact) mass is 214 g/mol. The van der Waals surface area contributed by atoms with Gasteiger partial charge in [-0.2, -0.15) is 5.26 Å². The molecule has 4 heteroatoms. The SMILES string of the molecule is Cn1cc(Cc2ccc(C#N)cc2)oc1=O. The molecule has 1 aromatic heterocycles. The molecule has 4 nitrogen and oxygen atoms in total. The van der Waals surface area contributed by atoms with Crippen molar-refractivity contribution >= 4 is 0 Å². The molecule has 0 unspecified atom stereocenters. The summed E-state index contributed by atoms with van der Waals surface area (Å²) in [7, 11) is 1.65. The number of hydrogen-bond acceptors (Lipinski definition) is 3. The van der Waals surface area contributed by atoms with Crippen LogP contribution < -0.4 is 5.76 Å². The van der Waals surface area contributed by atoms with Gasteiger partial charge in [-0.05, 0) is 17.7 Å². The lowest BCUT2D eigenvalue weighted by atomic mass is 10.1. The second-order valence-electron chi connectivity index (χ2n) is 3.56. The van der Waals surface area contributed by atoms with E-state index in [4.69, 9.17) is 9.68 Å². The average Bonchev–Trinajstić information content (AvgIpc) is 2.59. The fraction of sp³-hybridized carbons (Fsp3) is 0.167. The van der Waals surface area contributed by atoms with E-state index in [9.17, 15) is 4.79 Å². The van der Waals surface area contributed by atoms with E-state index in [-0.39, 0.29) is 5.76 Å². The number of rotatable bonds is 2. The molecule has 80 valence electrons. The first-order chi connectivity index (χ1) is 7.69. The maximum Gasteiger partial charge on any atom is 0.418 e. The van der Waals surface area contributed by atoms with E-state index in [1.54, 1.807) is 25.4 Å². The molecule has 0 bridgehead atoms. The summed E-state index contributed by atoms with van der Waals surface area (Å²) in [5.41, 5.74) is 1.63. The van der Waals surface area contributed by atoms with E-state index in [1.807, 2.05) is 12.1 Å². The Kier molecular flexibility index (Phi) is 2.61. The van der Waals surface area contributed by atoms with Gasteiger partial charge in [-0.3, -0.25) is 4.57 Å². The first kappa shape index (κ1) is 10.2. The molecule has 0 saturated heterocycles. The maximum atomic E-state index is 11.1. The molecule has 0 radical (unpaired) electrons. The minimum atomic E-state index is -0.358. The minimum absolute atomic E-state index is 0.358. The number of aromatic nitrogens is 1. The van der Waals surface area contributed by atoms with Crippen LogP contribution in [0.5, 0.6) is 0 Å². The van der Waals surface area contributed by atoms with Crippen molar-refractivity contribution in [1.29, 1.82) is 5.26 Å². The van der Waals surface area contributed by atoms with E-state index in [0.717, 1.165) is 5.56 Å². The highest BCUT2D eigenvalue weighted by molar-refractivity contribution is 5.32. The van der Waals surface area contributed by atoms with Crippen LogP contribution in [0.15, 0.2) is 39.7 Å². The number of oxazole rings is 1. The number of benzene rings is 1. The van der Waals surface area contributed by atoms with E-state index in [1.165, 1.54) is 4.57 Å². The van der Waals surface area contributed by atoms with Crippen molar-refractivity contribution in [3.05, 3.63) is 57.9 Å². The van der Waals surface area contributed by atoms with Gasteiger partial charge >= 0.3 is 5.76 Å². The standard InChI is InChI=1S/C12H10N2O2/c1-14-8-11(16-12(14)15)6-9-2-4-10(7-13)5-3-9/h2-5,8H,6H2,1H3. The first-order valence-corrected chi connectivity index (χ1v) is 4.83. The topological polar surface area (TPSA) is 58.9 Å². The largest absolute Gasteiger partial charge is 0.418 e. The molecular weight excluding hydrogens is 204 g/mol. The van der Waals surface area contributed by atoms with Crippen LogP contribution in [-0.4, -0.2) is 4.57 Å². The zero-order valence-electron chi connectivity index (χ0n) is 8.80. The first-order valence-electron chi connectivity index (χ1n) is 4.83. The minimum Gasteiger partial charge on any atom is -0.413 e. The van der Waals surface area contributed by atoms with Gasteiger partial charge in [-0.25, -0.2) is 4.79 Å². The van der Waals surface area contributed by atoms with Crippen molar-refractivity contribution < 1.29 is 4.42 Å². The Morgan fingerprint density at radius 1 is 1.38 bits per heavy atom. The predicted octanol–water partition coefficient (Wildman–Crippen LogP) is 1.44. The second-order valence-corrected chi connectivity index (χ2v) is 3.56. The molecule has 0 atom stereocenters. The van der Waals surface area contributed by atoms with Crippen LogP contribution in [0.3, 0.4) is 0 Å². The van der Waals surface area contributed by atoms with Crippen LogP contribution >= 0.6 is 0 Å². The average molecular weight is 214 g/mol. The summed E-state index contributed by atoms with van der Waals surface area (Å²) in [5.74, 6) is 0.265. The molecule has 0 aliphatic rings. The summed E-state index contributed by atoms with van der Waals surface area (Å²) >= 11 is 0. The molecule has 0 aliphatic carbocycles. The van der Waals surface area contributed by atoms with Crippen molar-refractivity contribution in [1.82, 2.24) is 4.57 Å². The molecule has 0 amide bonds. The lowest BCUT2D eigenvalue weighted by molar-refractivity contribution is 0.463. The molecule has 1 aromatic carbocycles. The van der Waals surface area contributed by atoms with Gasteiger partial charge in [0.15, 0.2) is 0 Å². The molecule has 2 rings (SSSR count). The molecule has 0 N–H and O–H groups in total. The Labute approximate surface area is 92.4 Å². The van der Waals surface area contributed by atoms with Gasteiger partial charge in [-0.1, -0.05) is 12.1 Å². The highest BCUT2D eigenvalue weighted by Gasteiger charge is 2.03. The zero-order valence-corrected chi connectivity index (χ0v) is 8.80. The summed E-state index contributed by atoms with van der Waals surface area (Å²) in [6.45, 7) is 0. The quantitative estimate of drug-likeness (QED) is 0.760. The zero-order chi connectivity index (χ0) is 11.5. The Bertz CT molecular complexity index is 585. The molecule has 0 spiro atoms. The van der Waals surface area contributed by atoms with Crippen LogP contribution in [-0.2, 0) is 13.5 Å². The molecule has 16 heavy (non-hydrogen) atoms. The van der Waals surface area contributed by atoms with E-state index < -0.39 is 0 Å². The lowest BCUT2D eigenvalue weighted by Crippen LogP contribution is -2.07. The third-order valence-electron chi connectivity index (χ3n) is 2.31. The van der Waals surface area contributed by atoms with Gasteiger partial charge < -0.3 is 4.42 Å². The number of nitrogens with zero attached hydrogens (tertiary/aromatic N) is 2. The van der Waals surface area contributed by atoms with Crippen LogP contribution in [0.1, 0.15) is 16.9 Å². The van der Waals surface area contributed by atoms with Crippen LogP contribution in [0.25, 0.3) is 0 Å². The Morgan fingerprint density at radius 2 is 2.06 bits per heavy atom. The number of aryl methyl sites for hydroxylation is 1. The number of hydrogen-bond donors (Lipinski definition) is 0. The van der Waals surface area contributed by atoms with Crippen LogP contribution in [0.4, 0.5) is 0 Å². The summed E-state index contributed by atoms with van der Waals surface area (Å²) < 4.78 is 6.42. The van der Waals surface area contributed by atoms with Gasteiger partial charge in [0.1, 0.15) is 5.76 Å². The summed E-state index contributed by atoms with van der Waals surface area (Å²) in [6.07, 6.45) is 2.22. The summed E-state index contributed by atoms with van der Waals surface area (Å²) in [6, 6.07) is 9.25. The van der Waals surface area contributed by atoms with Crippen molar-refractivity contribution in [2.75, 3.05) is 0 Å². The van der Waals surface area contributed by atoms with Crippen molar-refractivity contribution in [3.8, 4) is 6.07 Å². The third-order valence-corrected chi connectivity index (χ3v) is 2.31. The van der Waals surface area contributed by atoms with E-state index in [2.05, 4.69) is 6.07 Å². The molecule has 0 saturated carbocycles. The van der Waals surface area contributed by atoms with Gasteiger partial charge in [0.25, 0.3) is 0 Å². The Balaban J connectivity index is 2.21. The normalized spacial score (nSPS) is 10.0. The van der Waals surface area contributed by atoms with Crippen molar-refractivity contribution in [3.63, 3.8) is 0 Å². The third kappa shape index (κ3) is 2.04. The predicted molar refractivity (Wildman–Crippen MR) is 57.9 cm³/mol. The fourth-order valence-corrected chi connectivity index (χ4v) is 1.46. The lowest BCUT2D eigenvalue weighted by Gasteiger charge is -1.96. The Morgan fingerprint density at radius 3 is 2.56 bits per heavy atom. The van der Waals surface area contributed by atoms with Crippen molar-refractivity contribution in [2.45, 2.75) is 6.42 Å². The van der Waals surface area contributed by atoms with E-state index in [0.29, 0.717) is 17.7 Å². The smallest absolute Gasteiger partial charge is 0.413 e. The summed E-state index contributed by atoms with van der Waals surface area (Å²) in [5, 5.41) is 8.64. The van der Waals surface area contributed by atoms with Gasteiger partial charge in [0, 0.05) is 19.7 Å². The molecule has 0 aliphatic heterocycles. The molecular formula is C12H10N2O2. The second kappa shape index (κ2) is 4.07. The van der Waals surface area contributed by atoms with E-state index >= 15 is 0 Å². The highest BCUT2D eigenvalue weighted by atomic mass is 16.4. The maximum absolute atomic E-state index is 11.1. The van der Waals surface area contributed by atoms with Crippen molar-refractivity contribution in [2.24, 2.45) is 7.05 Å². The fourth-order valence-electron chi connectivity index (χ4n) is 1.46.